The molecule has 1 saturated heterocycles. The zero-order valence-electron chi connectivity index (χ0n) is 29.7. The van der Waals surface area contributed by atoms with Crippen molar-refractivity contribution in [3.8, 4) is 0 Å². The molecule has 1 heterocycles. The highest BCUT2D eigenvalue weighted by atomic mass is 16.5. The average Bonchev–Trinajstić information content (AvgIpc) is 3.56. The van der Waals surface area contributed by atoms with E-state index in [0.29, 0.717) is 19.5 Å². The Morgan fingerprint density at radius 1 is 0.978 bits per heavy atom. The predicted octanol–water partition coefficient (Wildman–Crippen LogP) is 4.21. The first-order valence-electron chi connectivity index (χ1n) is 17.2. The normalized spacial score (nSPS) is 19.3. The van der Waals surface area contributed by atoms with E-state index in [4.69, 9.17) is 9.47 Å². The zero-order chi connectivity index (χ0) is 34.4. The fourth-order valence-corrected chi connectivity index (χ4v) is 6.62. The van der Waals surface area contributed by atoms with Crippen LogP contribution in [0.1, 0.15) is 85.6 Å². The van der Waals surface area contributed by atoms with E-state index >= 15 is 0 Å². The molecule has 0 spiro atoms. The first-order chi connectivity index (χ1) is 21.9. The Kier molecular flexibility index (Phi) is 16.7. The monoisotopic (exact) mass is 644 g/mol. The van der Waals surface area contributed by atoms with E-state index in [0.717, 1.165) is 37.7 Å². The van der Waals surface area contributed by atoms with Crippen molar-refractivity contribution in [3.05, 3.63) is 35.9 Å². The number of likely N-dealkylation sites (N-methyl/N-ethyl adjacent to an activating group) is 1. The molecule has 2 N–H and O–H groups in total. The van der Waals surface area contributed by atoms with Crippen molar-refractivity contribution in [1.82, 2.24) is 20.4 Å². The molecule has 1 aromatic rings. The van der Waals surface area contributed by atoms with Crippen LogP contribution in [0.15, 0.2) is 30.3 Å². The molecule has 0 aromatic heterocycles. The number of methoxy groups -OCH3 is 2. The van der Waals surface area contributed by atoms with Crippen LogP contribution in [0, 0.1) is 17.8 Å². The summed E-state index contributed by atoms with van der Waals surface area (Å²) in [6.07, 6.45) is 3.16. The van der Waals surface area contributed by atoms with Gasteiger partial charge in [-0.25, -0.2) is 0 Å². The molecule has 2 rings (SSSR count). The SMILES string of the molecule is CCC(=O)N[C@H](C(=O)N(C)[C@@H]([C@@H](C)CC)[C@@H](CC(=O)N1CCC[C@H]1[C@H](OC)[C@@H](C)C(=O)NCCc1ccccc1)OC)[C@@H](C)CC. The van der Waals surface area contributed by atoms with Gasteiger partial charge in [0.15, 0.2) is 0 Å². The van der Waals surface area contributed by atoms with Crippen molar-refractivity contribution in [2.45, 2.75) is 117 Å². The summed E-state index contributed by atoms with van der Waals surface area (Å²) in [4.78, 5) is 56.9. The second-order valence-electron chi connectivity index (χ2n) is 12.9. The highest BCUT2D eigenvalue weighted by molar-refractivity contribution is 5.88. The van der Waals surface area contributed by atoms with Crippen LogP contribution >= 0.6 is 0 Å². The van der Waals surface area contributed by atoms with Crippen molar-refractivity contribution in [1.29, 1.82) is 0 Å². The van der Waals surface area contributed by atoms with E-state index < -0.39 is 24.2 Å². The highest BCUT2D eigenvalue weighted by Gasteiger charge is 2.42. The minimum Gasteiger partial charge on any atom is -0.379 e. The van der Waals surface area contributed by atoms with Gasteiger partial charge in [-0.2, -0.15) is 0 Å². The molecule has 46 heavy (non-hydrogen) atoms. The van der Waals surface area contributed by atoms with Gasteiger partial charge < -0.3 is 29.9 Å². The molecule has 1 fully saturated rings. The van der Waals surface area contributed by atoms with Gasteiger partial charge in [-0.3, -0.25) is 19.2 Å². The van der Waals surface area contributed by atoms with Crippen LogP contribution in [0.2, 0.25) is 0 Å². The molecular weight excluding hydrogens is 584 g/mol. The Balaban J connectivity index is 2.18. The second kappa shape index (κ2) is 19.6. The summed E-state index contributed by atoms with van der Waals surface area (Å²) in [6.45, 7) is 12.8. The molecule has 0 saturated carbocycles. The predicted molar refractivity (Wildman–Crippen MR) is 181 cm³/mol. The average molecular weight is 645 g/mol. The molecular formula is C36H60N4O6. The number of nitrogens with one attached hydrogen (secondary N) is 2. The van der Waals surface area contributed by atoms with Crippen LogP contribution in [0.3, 0.4) is 0 Å². The summed E-state index contributed by atoms with van der Waals surface area (Å²) in [7, 11) is 4.93. The zero-order valence-corrected chi connectivity index (χ0v) is 29.7. The van der Waals surface area contributed by atoms with Gasteiger partial charge in [0.1, 0.15) is 6.04 Å². The van der Waals surface area contributed by atoms with Crippen molar-refractivity contribution in [2.24, 2.45) is 17.8 Å². The number of rotatable bonds is 19. The molecule has 1 aliphatic rings. The Morgan fingerprint density at radius 3 is 2.20 bits per heavy atom. The Hall–Kier alpha value is -2.98. The quantitative estimate of drug-likeness (QED) is 0.233. The van der Waals surface area contributed by atoms with E-state index in [1.54, 1.807) is 33.1 Å². The summed E-state index contributed by atoms with van der Waals surface area (Å²) in [5, 5.41) is 5.97. The van der Waals surface area contributed by atoms with Crippen molar-refractivity contribution in [3.63, 3.8) is 0 Å². The van der Waals surface area contributed by atoms with Crippen LogP contribution in [0.25, 0.3) is 0 Å². The van der Waals surface area contributed by atoms with Crippen molar-refractivity contribution < 1.29 is 28.7 Å². The number of benzene rings is 1. The van der Waals surface area contributed by atoms with Crippen LogP contribution in [-0.4, -0.2) is 98.1 Å². The minimum absolute atomic E-state index is 0.0341. The van der Waals surface area contributed by atoms with Gasteiger partial charge in [-0.15, -0.1) is 0 Å². The third-order valence-electron chi connectivity index (χ3n) is 9.93. The van der Waals surface area contributed by atoms with E-state index in [1.807, 2.05) is 56.0 Å². The topological polar surface area (TPSA) is 117 Å². The molecule has 10 heteroatoms. The summed E-state index contributed by atoms with van der Waals surface area (Å²) in [5.74, 6) is -1.00. The summed E-state index contributed by atoms with van der Waals surface area (Å²) >= 11 is 0. The maximum atomic E-state index is 14.0. The van der Waals surface area contributed by atoms with Crippen molar-refractivity contribution >= 4 is 23.6 Å². The number of likely N-dealkylation sites (tertiary alicyclic amines) is 1. The first-order valence-corrected chi connectivity index (χ1v) is 17.2. The number of hydrogen-bond donors (Lipinski definition) is 2. The second-order valence-corrected chi connectivity index (χ2v) is 12.9. The number of amides is 4. The lowest BCUT2D eigenvalue weighted by Gasteiger charge is -2.41. The summed E-state index contributed by atoms with van der Waals surface area (Å²) in [6, 6.07) is 8.73. The maximum absolute atomic E-state index is 14.0. The van der Waals surface area contributed by atoms with E-state index in [-0.39, 0.29) is 54.0 Å². The highest BCUT2D eigenvalue weighted by Crippen LogP contribution is 2.29. The molecule has 0 unspecified atom stereocenters. The van der Waals surface area contributed by atoms with Crippen LogP contribution in [0.4, 0.5) is 0 Å². The molecule has 4 amide bonds. The number of ether oxygens (including phenoxy) is 2. The molecule has 0 aliphatic carbocycles. The fourth-order valence-electron chi connectivity index (χ4n) is 6.62. The van der Waals surface area contributed by atoms with Crippen molar-refractivity contribution in [2.75, 3.05) is 34.4 Å². The number of carbonyl (C=O) groups excluding carboxylic acids is 4. The van der Waals surface area contributed by atoms with Gasteiger partial charge in [0.05, 0.1) is 36.6 Å². The molecule has 0 radical (unpaired) electrons. The summed E-state index contributed by atoms with van der Waals surface area (Å²) < 4.78 is 11.9. The van der Waals surface area contributed by atoms with Crippen LogP contribution in [0.5, 0.6) is 0 Å². The number of carbonyl (C=O) groups is 4. The van der Waals surface area contributed by atoms with E-state index in [1.165, 1.54) is 0 Å². The maximum Gasteiger partial charge on any atom is 0.245 e. The van der Waals surface area contributed by atoms with Crippen LogP contribution in [-0.2, 0) is 35.1 Å². The lowest BCUT2D eigenvalue weighted by Crippen LogP contribution is -2.58. The number of hydrogen-bond acceptors (Lipinski definition) is 6. The standard InChI is InChI=1S/C36H60N4O6/c1-10-24(4)32(38-30(41)12-3)36(44)39(7)33(25(5)11-2)29(45-8)23-31(42)40-22-16-19-28(40)34(46-9)26(6)35(43)37-21-20-27-17-14-13-15-18-27/h13-15,17-18,24-26,28-29,32-34H,10-12,16,19-23H2,1-9H3,(H,37,43)(H,38,41)/t24-,25-,26+,28-,29+,32-,33-,34+/m0/s1. The smallest absolute Gasteiger partial charge is 0.245 e. The van der Waals surface area contributed by atoms with Gasteiger partial charge in [-0.1, -0.05) is 84.7 Å². The van der Waals surface area contributed by atoms with Gasteiger partial charge in [-0.05, 0) is 36.7 Å². The molecule has 1 aromatic carbocycles. The van der Waals surface area contributed by atoms with Gasteiger partial charge in [0.2, 0.25) is 23.6 Å². The Labute approximate surface area is 277 Å². The molecule has 1 aliphatic heterocycles. The van der Waals surface area contributed by atoms with Crippen LogP contribution < -0.4 is 10.6 Å². The first kappa shape index (κ1) is 39.2. The van der Waals surface area contributed by atoms with Gasteiger partial charge in [0.25, 0.3) is 0 Å². The molecule has 260 valence electrons. The summed E-state index contributed by atoms with van der Waals surface area (Å²) in [5.41, 5.74) is 1.16. The largest absolute Gasteiger partial charge is 0.379 e. The van der Waals surface area contributed by atoms with E-state index in [9.17, 15) is 19.2 Å². The third-order valence-corrected chi connectivity index (χ3v) is 9.93. The minimum atomic E-state index is -0.659. The third kappa shape index (κ3) is 10.5. The van der Waals surface area contributed by atoms with Gasteiger partial charge in [0, 0.05) is 40.8 Å². The fraction of sp³-hybridized carbons (Fsp3) is 0.722. The molecule has 0 bridgehead atoms. The lowest BCUT2D eigenvalue weighted by molar-refractivity contribution is -0.147. The number of nitrogens with zero attached hydrogens (tertiary/aromatic N) is 2. The lowest BCUT2D eigenvalue weighted by atomic mass is 9.89. The Morgan fingerprint density at radius 2 is 1.63 bits per heavy atom. The Bertz CT molecular complexity index is 1100. The molecule has 10 nitrogen and oxygen atoms in total. The molecule has 8 atom stereocenters. The van der Waals surface area contributed by atoms with E-state index in [2.05, 4.69) is 24.5 Å². The van der Waals surface area contributed by atoms with Gasteiger partial charge >= 0.3 is 0 Å².